The average Bonchev–Trinajstić information content (AvgIpc) is 2.86. The van der Waals surface area contributed by atoms with Crippen molar-refractivity contribution >= 4 is 38.9 Å². The highest BCUT2D eigenvalue weighted by Gasteiger charge is 2.17. The number of thiophene rings is 1. The van der Waals surface area contributed by atoms with Crippen LogP contribution in [0.1, 0.15) is 27.6 Å². The summed E-state index contributed by atoms with van der Waals surface area (Å²) >= 11 is 11.8. The molecule has 1 unspecified atom stereocenters. The molecular formula is C14H14BrClOS. The van der Waals surface area contributed by atoms with Crippen LogP contribution >= 0.6 is 38.9 Å². The molecular weight excluding hydrogens is 332 g/mol. The molecule has 2 aromatic rings. The fraction of sp³-hybridized carbons (Fsp3) is 0.286. The highest BCUT2D eigenvalue weighted by Crippen LogP contribution is 2.39. The zero-order valence-corrected chi connectivity index (χ0v) is 13.4. The molecule has 1 aromatic heterocycles. The maximum atomic E-state index is 6.55. The van der Waals surface area contributed by atoms with E-state index >= 15 is 0 Å². The van der Waals surface area contributed by atoms with Crippen LogP contribution in [-0.4, -0.2) is 7.11 Å². The number of methoxy groups -OCH3 is 1. The van der Waals surface area contributed by atoms with E-state index < -0.39 is 0 Å². The predicted octanol–water partition coefficient (Wildman–Crippen LogP) is 5.41. The van der Waals surface area contributed by atoms with E-state index in [-0.39, 0.29) is 5.38 Å². The molecule has 0 bridgehead atoms. The first-order chi connectivity index (χ1) is 8.65. The normalized spacial score (nSPS) is 12.4. The van der Waals surface area contributed by atoms with Crippen LogP contribution in [0.2, 0.25) is 0 Å². The summed E-state index contributed by atoms with van der Waals surface area (Å²) in [5, 5.41) is -0.154. The maximum absolute atomic E-state index is 6.55. The number of hydrogen-bond donors (Lipinski definition) is 0. The van der Waals surface area contributed by atoms with Crippen LogP contribution in [0, 0.1) is 0 Å². The third kappa shape index (κ3) is 2.90. The SMILES string of the molecule is CCc1ccc(C(Cl)c2ccc(Br)cc2OC)s1. The van der Waals surface area contributed by atoms with Crippen LogP contribution in [0.5, 0.6) is 5.75 Å². The standard InChI is InChI=1S/C14H14BrClOS/c1-3-10-5-7-13(18-10)14(16)11-6-4-9(15)8-12(11)17-2/h4-8,14H,3H2,1-2H3. The van der Waals surface area contributed by atoms with E-state index in [9.17, 15) is 0 Å². The Balaban J connectivity index is 2.35. The Hall–Kier alpha value is -0.510. The first-order valence-electron chi connectivity index (χ1n) is 5.71. The highest BCUT2D eigenvalue weighted by molar-refractivity contribution is 9.10. The van der Waals surface area contributed by atoms with Gasteiger partial charge < -0.3 is 4.74 Å². The minimum absolute atomic E-state index is 0.154. The molecule has 1 aromatic carbocycles. The second-order valence-electron chi connectivity index (χ2n) is 3.91. The molecule has 2 rings (SSSR count). The first kappa shape index (κ1) is 13.9. The fourth-order valence-electron chi connectivity index (χ4n) is 1.77. The van der Waals surface area contributed by atoms with Crippen LogP contribution in [0.15, 0.2) is 34.8 Å². The topological polar surface area (TPSA) is 9.23 Å². The number of alkyl halides is 1. The van der Waals surface area contributed by atoms with Gasteiger partial charge in [0.05, 0.1) is 12.5 Å². The lowest BCUT2D eigenvalue weighted by Gasteiger charge is -2.13. The van der Waals surface area contributed by atoms with E-state index in [1.165, 1.54) is 4.88 Å². The molecule has 1 heterocycles. The van der Waals surface area contributed by atoms with Crippen LogP contribution < -0.4 is 4.74 Å². The fourth-order valence-corrected chi connectivity index (χ4v) is 3.44. The Morgan fingerprint density at radius 2 is 2.11 bits per heavy atom. The largest absolute Gasteiger partial charge is 0.496 e. The number of ether oxygens (including phenoxy) is 1. The van der Waals surface area contributed by atoms with Gasteiger partial charge >= 0.3 is 0 Å². The molecule has 96 valence electrons. The quantitative estimate of drug-likeness (QED) is 0.673. The Bertz CT molecular complexity index is 538. The van der Waals surface area contributed by atoms with E-state index in [1.54, 1.807) is 18.4 Å². The highest BCUT2D eigenvalue weighted by atomic mass is 79.9. The van der Waals surface area contributed by atoms with Crippen molar-refractivity contribution in [3.05, 3.63) is 50.1 Å². The van der Waals surface area contributed by atoms with Crippen LogP contribution in [0.25, 0.3) is 0 Å². The molecule has 0 amide bonds. The monoisotopic (exact) mass is 344 g/mol. The summed E-state index contributed by atoms with van der Waals surface area (Å²) in [7, 11) is 1.67. The minimum atomic E-state index is -0.154. The summed E-state index contributed by atoms with van der Waals surface area (Å²) in [6.07, 6.45) is 1.05. The van der Waals surface area contributed by atoms with Gasteiger partial charge in [0.25, 0.3) is 0 Å². The van der Waals surface area contributed by atoms with Crippen molar-refractivity contribution in [3.8, 4) is 5.75 Å². The number of hydrogen-bond acceptors (Lipinski definition) is 2. The molecule has 0 spiro atoms. The van der Waals surface area contributed by atoms with Crippen molar-refractivity contribution in [2.45, 2.75) is 18.7 Å². The van der Waals surface area contributed by atoms with E-state index in [1.807, 2.05) is 18.2 Å². The predicted molar refractivity (Wildman–Crippen MR) is 82.1 cm³/mol. The summed E-state index contributed by atoms with van der Waals surface area (Å²) in [5.41, 5.74) is 1.01. The lowest BCUT2D eigenvalue weighted by Crippen LogP contribution is -1.95. The van der Waals surface area contributed by atoms with Crippen LogP contribution in [-0.2, 0) is 6.42 Å². The van der Waals surface area contributed by atoms with Gasteiger partial charge in [0.2, 0.25) is 0 Å². The average molecular weight is 346 g/mol. The molecule has 0 fully saturated rings. The lowest BCUT2D eigenvalue weighted by molar-refractivity contribution is 0.410. The third-order valence-corrected chi connectivity index (χ3v) is 5.14. The Morgan fingerprint density at radius 3 is 2.72 bits per heavy atom. The van der Waals surface area contributed by atoms with Crippen molar-refractivity contribution in [1.82, 2.24) is 0 Å². The minimum Gasteiger partial charge on any atom is -0.496 e. The molecule has 1 atom stereocenters. The summed E-state index contributed by atoms with van der Waals surface area (Å²) in [5.74, 6) is 0.816. The van der Waals surface area contributed by atoms with Gasteiger partial charge in [0.15, 0.2) is 0 Å². The van der Waals surface area contributed by atoms with Gasteiger partial charge in [-0.3, -0.25) is 0 Å². The van der Waals surface area contributed by atoms with Crippen LogP contribution in [0.4, 0.5) is 0 Å². The third-order valence-electron chi connectivity index (χ3n) is 2.75. The summed E-state index contributed by atoms with van der Waals surface area (Å²) in [6.45, 7) is 2.15. The zero-order valence-electron chi connectivity index (χ0n) is 10.2. The van der Waals surface area contributed by atoms with Gasteiger partial charge in [-0.25, -0.2) is 0 Å². The van der Waals surface area contributed by atoms with E-state index in [2.05, 4.69) is 35.0 Å². The van der Waals surface area contributed by atoms with E-state index in [4.69, 9.17) is 16.3 Å². The molecule has 0 saturated carbocycles. The van der Waals surface area contributed by atoms with Gasteiger partial charge in [-0.15, -0.1) is 22.9 Å². The molecule has 0 N–H and O–H groups in total. The lowest BCUT2D eigenvalue weighted by atomic mass is 10.1. The van der Waals surface area contributed by atoms with Crippen molar-refractivity contribution in [1.29, 1.82) is 0 Å². The first-order valence-corrected chi connectivity index (χ1v) is 7.76. The van der Waals surface area contributed by atoms with Crippen LogP contribution in [0.3, 0.4) is 0 Å². The van der Waals surface area contributed by atoms with Crippen molar-refractivity contribution in [3.63, 3.8) is 0 Å². The summed E-state index contributed by atoms with van der Waals surface area (Å²) in [6, 6.07) is 10.2. The molecule has 0 radical (unpaired) electrons. The van der Waals surface area contributed by atoms with Gasteiger partial charge in [0, 0.05) is 19.8 Å². The van der Waals surface area contributed by atoms with Gasteiger partial charge in [0.1, 0.15) is 5.75 Å². The van der Waals surface area contributed by atoms with Crippen molar-refractivity contribution in [2.24, 2.45) is 0 Å². The zero-order chi connectivity index (χ0) is 13.1. The molecule has 1 nitrogen and oxygen atoms in total. The Labute approximate surface area is 125 Å². The summed E-state index contributed by atoms with van der Waals surface area (Å²) in [4.78, 5) is 2.51. The molecule has 4 heteroatoms. The smallest absolute Gasteiger partial charge is 0.125 e. The maximum Gasteiger partial charge on any atom is 0.125 e. The van der Waals surface area contributed by atoms with Crippen molar-refractivity contribution < 1.29 is 4.74 Å². The Morgan fingerprint density at radius 1 is 1.33 bits per heavy atom. The second kappa shape index (κ2) is 6.09. The second-order valence-corrected chi connectivity index (χ2v) is 6.46. The number of halogens is 2. The number of aryl methyl sites for hydroxylation is 1. The molecule has 0 aliphatic heterocycles. The van der Waals surface area contributed by atoms with Gasteiger partial charge in [-0.05, 0) is 30.7 Å². The molecule has 0 aliphatic carbocycles. The van der Waals surface area contributed by atoms with Gasteiger partial charge in [-0.1, -0.05) is 28.9 Å². The van der Waals surface area contributed by atoms with Crippen molar-refractivity contribution in [2.75, 3.05) is 7.11 Å². The van der Waals surface area contributed by atoms with E-state index in [0.29, 0.717) is 0 Å². The molecule has 18 heavy (non-hydrogen) atoms. The Kier molecular flexibility index (Phi) is 4.71. The van der Waals surface area contributed by atoms with E-state index in [0.717, 1.165) is 27.1 Å². The number of rotatable bonds is 4. The van der Waals surface area contributed by atoms with Gasteiger partial charge in [-0.2, -0.15) is 0 Å². The summed E-state index contributed by atoms with van der Waals surface area (Å²) < 4.78 is 6.39. The molecule has 0 saturated heterocycles. The molecule has 0 aliphatic rings. The number of benzene rings is 1.